The van der Waals surface area contributed by atoms with Crippen LogP contribution in [0.3, 0.4) is 0 Å². The van der Waals surface area contributed by atoms with E-state index in [4.69, 9.17) is 10.5 Å². The summed E-state index contributed by atoms with van der Waals surface area (Å²) in [7, 11) is 0. The molecule has 0 bridgehead atoms. The van der Waals surface area contributed by atoms with Gasteiger partial charge in [-0.15, -0.1) is 0 Å². The van der Waals surface area contributed by atoms with Crippen molar-refractivity contribution in [3.63, 3.8) is 0 Å². The van der Waals surface area contributed by atoms with Gasteiger partial charge in [-0.05, 0) is 27.2 Å². The summed E-state index contributed by atoms with van der Waals surface area (Å²) >= 11 is 0. The predicted octanol–water partition coefficient (Wildman–Crippen LogP) is 1.70. The first-order valence-electron chi connectivity index (χ1n) is 4.63. The van der Waals surface area contributed by atoms with Crippen molar-refractivity contribution in [3.8, 4) is 0 Å². The van der Waals surface area contributed by atoms with Crippen LogP contribution in [0.15, 0.2) is 11.6 Å². The van der Waals surface area contributed by atoms with Gasteiger partial charge in [-0.1, -0.05) is 11.6 Å². The van der Waals surface area contributed by atoms with Crippen molar-refractivity contribution in [1.29, 1.82) is 0 Å². The first kappa shape index (κ1) is 9.75. The molecule has 3 unspecified atom stereocenters. The molecule has 1 aliphatic rings. The molecule has 0 aromatic rings. The normalized spacial score (nSPS) is 31.7. The molecule has 2 N–H and O–H groups in total. The number of nitrogens with two attached hydrogens (primary N) is 1. The maximum atomic E-state index is 6.01. The molecule has 0 aromatic heterocycles. The van der Waals surface area contributed by atoms with Gasteiger partial charge in [-0.25, -0.2) is 0 Å². The van der Waals surface area contributed by atoms with Crippen LogP contribution in [0.2, 0.25) is 0 Å². The fraction of sp³-hybridized carbons (Fsp3) is 0.800. The van der Waals surface area contributed by atoms with Crippen molar-refractivity contribution < 1.29 is 4.74 Å². The van der Waals surface area contributed by atoms with E-state index in [1.54, 1.807) is 0 Å². The van der Waals surface area contributed by atoms with Gasteiger partial charge in [-0.2, -0.15) is 0 Å². The summed E-state index contributed by atoms with van der Waals surface area (Å²) < 4.78 is 5.46. The van der Waals surface area contributed by atoms with Gasteiger partial charge in [0.1, 0.15) is 0 Å². The highest BCUT2D eigenvalue weighted by Gasteiger charge is 2.28. The van der Waals surface area contributed by atoms with E-state index in [0.717, 1.165) is 13.0 Å². The van der Waals surface area contributed by atoms with Crippen LogP contribution in [0.5, 0.6) is 0 Å². The second kappa shape index (κ2) is 4.06. The summed E-state index contributed by atoms with van der Waals surface area (Å²) in [6.07, 6.45) is 3.57. The van der Waals surface area contributed by atoms with E-state index in [1.165, 1.54) is 5.57 Å². The summed E-state index contributed by atoms with van der Waals surface area (Å²) in [5.74, 6) is 0.514. The van der Waals surface area contributed by atoms with E-state index in [9.17, 15) is 0 Å². The zero-order valence-electron chi connectivity index (χ0n) is 8.21. The summed E-state index contributed by atoms with van der Waals surface area (Å²) in [4.78, 5) is 0. The number of allylic oxidation sites excluding steroid dienone is 1. The molecule has 1 heterocycles. The summed E-state index contributed by atoms with van der Waals surface area (Å²) in [6.45, 7) is 7.15. The Morgan fingerprint density at radius 2 is 2.25 bits per heavy atom. The minimum atomic E-state index is 0.174. The minimum Gasteiger partial charge on any atom is -0.378 e. The molecule has 0 aliphatic carbocycles. The molecule has 0 spiro atoms. The molecule has 1 fully saturated rings. The number of ether oxygens (including phenoxy) is 1. The van der Waals surface area contributed by atoms with Gasteiger partial charge in [0, 0.05) is 18.6 Å². The van der Waals surface area contributed by atoms with E-state index in [2.05, 4.69) is 26.8 Å². The number of rotatable bonds is 2. The Labute approximate surface area is 74.8 Å². The quantitative estimate of drug-likeness (QED) is 0.639. The second-order valence-electron chi connectivity index (χ2n) is 3.85. The Bertz CT molecular complexity index is 173. The van der Waals surface area contributed by atoms with Crippen molar-refractivity contribution in [2.24, 2.45) is 11.7 Å². The molecule has 12 heavy (non-hydrogen) atoms. The highest BCUT2D eigenvalue weighted by atomic mass is 16.5. The monoisotopic (exact) mass is 169 g/mol. The maximum Gasteiger partial charge on any atom is 0.0593 e. The molecular formula is C10H19NO. The van der Waals surface area contributed by atoms with Crippen LogP contribution in [-0.4, -0.2) is 18.8 Å². The zero-order valence-corrected chi connectivity index (χ0v) is 8.21. The molecule has 1 aliphatic heterocycles. The second-order valence-corrected chi connectivity index (χ2v) is 3.85. The first-order valence-corrected chi connectivity index (χ1v) is 4.63. The Kier molecular flexibility index (Phi) is 3.29. The third kappa shape index (κ3) is 2.32. The number of hydrogen-bond donors (Lipinski definition) is 1. The fourth-order valence-electron chi connectivity index (χ4n) is 1.76. The summed E-state index contributed by atoms with van der Waals surface area (Å²) in [5.41, 5.74) is 7.31. The topological polar surface area (TPSA) is 35.2 Å². The summed E-state index contributed by atoms with van der Waals surface area (Å²) in [6, 6.07) is 0.174. The van der Waals surface area contributed by atoms with Crippen LogP contribution < -0.4 is 5.73 Å². The van der Waals surface area contributed by atoms with Crippen LogP contribution in [0.4, 0.5) is 0 Å². The molecular weight excluding hydrogens is 150 g/mol. The van der Waals surface area contributed by atoms with E-state index in [-0.39, 0.29) is 6.04 Å². The Hall–Kier alpha value is -0.340. The van der Waals surface area contributed by atoms with Gasteiger partial charge in [0.25, 0.3) is 0 Å². The van der Waals surface area contributed by atoms with E-state index in [0.29, 0.717) is 12.0 Å². The average Bonchev–Trinajstić information content (AvgIpc) is 2.33. The zero-order chi connectivity index (χ0) is 9.14. The predicted molar refractivity (Wildman–Crippen MR) is 50.9 cm³/mol. The maximum absolute atomic E-state index is 6.01. The van der Waals surface area contributed by atoms with Gasteiger partial charge >= 0.3 is 0 Å². The molecule has 2 heteroatoms. The van der Waals surface area contributed by atoms with E-state index >= 15 is 0 Å². The van der Waals surface area contributed by atoms with Crippen molar-refractivity contribution in [2.45, 2.75) is 39.3 Å². The summed E-state index contributed by atoms with van der Waals surface area (Å²) in [5, 5.41) is 0. The van der Waals surface area contributed by atoms with Crippen LogP contribution in [0.1, 0.15) is 27.2 Å². The molecule has 3 atom stereocenters. The van der Waals surface area contributed by atoms with Crippen molar-refractivity contribution >= 4 is 0 Å². The molecule has 0 radical (unpaired) electrons. The fourth-order valence-corrected chi connectivity index (χ4v) is 1.76. The SMILES string of the molecule is CC(C)=CC(N)C1CCOC1C. The average molecular weight is 169 g/mol. The highest BCUT2D eigenvalue weighted by Crippen LogP contribution is 2.23. The Balaban J connectivity index is 2.51. The van der Waals surface area contributed by atoms with E-state index in [1.807, 2.05) is 0 Å². The molecule has 1 saturated heterocycles. The smallest absolute Gasteiger partial charge is 0.0593 e. The third-order valence-electron chi connectivity index (χ3n) is 2.46. The Morgan fingerprint density at radius 3 is 2.67 bits per heavy atom. The van der Waals surface area contributed by atoms with E-state index < -0.39 is 0 Å². The molecule has 0 saturated carbocycles. The van der Waals surface area contributed by atoms with Gasteiger partial charge in [0.15, 0.2) is 0 Å². The van der Waals surface area contributed by atoms with Crippen LogP contribution in [0, 0.1) is 5.92 Å². The molecule has 0 amide bonds. The van der Waals surface area contributed by atoms with Crippen LogP contribution in [0.25, 0.3) is 0 Å². The largest absolute Gasteiger partial charge is 0.378 e. The lowest BCUT2D eigenvalue weighted by atomic mass is 9.93. The van der Waals surface area contributed by atoms with Crippen LogP contribution in [-0.2, 0) is 4.74 Å². The lowest BCUT2D eigenvalue weighted by Crippen LogP contribution is -2.32. The van der Waals surface area contributed by atoms with Crippen molar-refractivity contribution in [3.05, 3.63) is 11.6 Å². The molecule has 2 nitrogen and oxygen atoms in total. The number of hydrogen-bond acceptors (Lipinski definition) is 2. The standard InChI is InChI=1S/C10H19NO/c1-7(2)6-10(11)9-4-5-12-8(9)3/h6,8-10H,4-5,11H2,1-3H3. The van der Waals surface area contributed by atoms with Crippen molar-refractivity contribution in [1.82, 2.24) is 0 Å². The van der Waals surface area contributed by atoms with Crippen molar-refractivity contribution in [2.75, 3.05) is 6.61 Å². The minimum absolute atomic E-state index is 0.174. The van der Waals surface area contributed by atoms with Crippen LogP contribution >= 0.6 is 0 Å². The first-order chi connectivity index (χ1) is 5.61. The van der Waals surface area contributed by atoms with Gasteiger partial charge in [0.2, 0.25) is 0 Å². The molecule has 0 aromatic carbocycles. The van der Waals surface area contributed by atoms with Gasteiger partial charge in [-0.3, -0.25) is 0 Å². The molecule has 70 valence electrons. The van der Waals surface area contributed by atoms with Gasteiger partial charge in [0.05, 0.1) is 6.10 Å². The Morgan fingerprint density at radius 1 is 1.58 bits per heavy atom. The third-order valence-corrected chi connectivity index (χ3v) is 2.46. The molecule has 1 rings (SSSR count). The highest BCUT2D eigenvalue weighted by molar-refractivity contribution is 5.03. The lowest BCUT2D eigenvalue weighted by molar-refractivity contribution is 0.103. The van der Waals surface area contributed by atoms with Gasteiger partial charge < -0.3 is 10.5 Å². The lowest BCUT2D eigenvalue weighted by Gasteiger charge is -2.19.